The molecule has 0 radical (unpaired) electrons. The Hall–Kier alpha value is -1.78. The normalized spacial score (nSPS) is 11.6. The van der Waals surface area contributed by atoms with Crippen LogP contribution in [0.3, 0.4) is 0 Å². The molecule has 0 aliphatic carbocycles. The minimum Gasteiger partial charge on any atom is -0.471 e. The van der Waals surface area contributed by atoms with Gasteiger partial charge >= 0.3 is 0 Å². The van der Waals surface area contributed by atoms with Crippen LogP contribution in [0.15, 0.2) is 16.9 Å². The maximum atomic E-state index is 8.58. The van der Waals surface area contributed by atoms with Crippen molar-refractivity contribution >= 4 is 0 Å². The molecule has 1 atom stereocenters. The SMILES string of the molecule is N#CC[C@H](N)c1cocc1C#N. The summed E-state index contributed by atoms with van der Waals surface area (Å²) in [4.78, 5) is 0. The Labute approximate surface area is 69.8 Å². The van der Waals surface area contributed by atoms with Gasteiger partial charge < -0.3 is 10.2 Å². The standard InChI is InChI=1S/C8H7N3O/c9-2-1-8(11)7-5-12-4-6(7)3-10/h4-5,8H,1,11H2/t8-/m0/s1. The fourth-order valence-corrected chi connectivity index (χ4v) is 0.893. The van der Waals surface area contributed by atoms with Gasteiger partial charge in [0.1, 0.15) is 12.3 Å². The molecule has 4 nitrogen and oxygen atoms in total. The van der Waals surface area contributed by atoms with Crippen LogP contribution in [0.5, 0.6) is 0 Å². The van der Waals surface area contributed by atoms with E-state index in [-0.39, 0.29) is 6.42 Å². The van der Waals surface area contributed by atoms with Crippen LogP contribution in [0.2, 0.25) is 0 Å². The molecule has 0 fully saturated rings. The van der Waals surface area contributed by atoms with E-state index in [0.717, 1.165) is 0 Å². The molecule has 0 unspecified atom stereocenters. The summed E-state index contributed by atoms with van der Waals surface area (Å²) in [5.41, 5.74) is 6.59. The zero-order chi connectivity index (χ0) is 8.97. The molecular formula is C8H7N3O. The zero-order valence-electron chi connectivity index (χ0n) is 6.32. The average Bonchev–Trinajstić information content (AvgIpc) is 2.51. The lowest BCUT2D eigenvalue weighted by Gasteiger charge is -2.02. The molecule has 1 rings (SSSR count). The molecule has 0 saturated carbocycles. The molecule has 2 N–H and O–H groups in total. The van der Waals surface area contributed by atoms with Crippen molar-refractivity contribution in [2.24, 2.45) is 5.73 Å². The minimum atomic E-state index is -0.427. The second-order valence-electron chi connectivity index (χ2n) is 2.32. The van der Waals surface area contributed by atoms with E-state index in [1.165, 1.54) is 12.5 Å². The Morgan fingerprint density at radius 2 is 2.25 bits per heavy atom. The van der Waals surface area contributed by atoms with E-state index in [1.807, 2.05) is 12.1 Å². The molecular weight excluding hydrogens is 154 g/mol. The maximum Gasteiger partial charge on any atom is 0.108 e. The Morgan fingerprint density at radius 1 is 1.50 bits per heavy atom. The molecule has 0 amide bonds. The van der Waals surface area contributed by atoms with E-state index in [1.54, 1.807) is 0 Å². The van der Waals surface area contributed by atoms with Crippen LogP contribution < -0.4 is 5.73 Å². The largest absolute Gasteiger partial charge is 0.471 e. The van der Waals surface area contributed by atoms with Gasteiger partial charge in [-0.25, -0.2) is 0 Å². The van der Waals surface area contributed by atoms with E-state index < -0.39 is 6.04 Å². The third kappa shape index (κ3) is 1.45. The second kappa shape index (κ2) is 3.56. The van der Waals surface area contributed by atoms with Crippen molar-refractivity contribution in [1.82, 2.24) is 0 Å². The third-order valence-corrected chi connectivity index (χ3v) is 1.52. The summed E-state index contributed by atoms with van der Waals surface area (Å²) in [6.07, 6.45) is 2.92. The smallest absolute Gasteiger partial charge is 0.108 e. The van der Waals surface area contributed by atoms with Crippen LogP contribution in [-0.4, -0.2) is 0 Å². The van der Waals surface area contributed by atoms with Crippen LogP contribution in [0.1, 0.15) is 23.6 Å². The number of hydrogen-bond acceptors (Lipinski definition) is 4. The van der Waals surface area contributed by atoms with E-state index in [4.69, 9.17) is 20.7 Å². The Morgan fingerprint density at radius 3 is 2.83 bits per heavy atom. The van der Waals surface area contributed by atoms with Crippen molar-refractivity contribution in [1.29, 1.82) is 10.5 Å². The summed E-state index contributed by atoms with van der Waals surface area (Å²) < 4.78 is 4.79. The van der Waals surface area contributed by atoms with Gasteiger partial charge in [-0.05, 0) is 0 Å². The van der Waals surface area contributed by atoms with Crippen molar-refractivity contribution in [2.45, 2.75) is 12.5 Å². The van der Waals surface area contributed by atoms with Crippen LogP contribution in [0.4, 0.5) is 0 Å². The van der Waals surface area contributed by atoms with Crippen LogP contribution in [0, 0.1) is 22.7 Å². The second-order valence-corrected chi connectivity index (χ2v) is 2.32. The average molecular weight is 161 g/mol. The first kappa shape index (κ1) is 8.32. The fourth-order valence-electron chi connectivity index (χ4n) is 0.893. The summed E-state index contributed by atoms with van der Waals surface area (Å²) in [5.74, 6) is 0. The summed E-state index contributed by atoms with van der Waals surface area (Å²) in [5, 5.41) is 16.9. The highest BCUT2D eigenvalue weighted by molar-refractivity contribution is 5.35. The topological polar surface area (TPSA) is 86.7 Å². The highest BCUT2D eigenvalue weighted by atomic mass is 16.3. The van der Waals surface area contributed by atoms with Crippen molar-refractivity contribution in [3.8, 4) is 12.1 Å². The Balaban J connectivity index is 2.89. The first-order valence-electron chi connectivity index (χ1n) is 3.38. The molecule has 4 heteroatoms. The Bertz CT molecular complexity index is 342. The van der Waals surface area contributed by atoms with Gasteiger partial charge in [0.2, 0.25) is 0 Å². The predicted octanol–water partition coefficient (Wildman–Crippen LogP) is 1.06. The van der Waals surface area contributed by atoms with Gasteiger partial charge in [0.25, 0.3) is 0 Å². The van der Waals surface area contributed by atoms with Crippen molar-refractivity contribution in [2.75, 3.05) is 0 Å². The van der Waals surface area contributed by atoms with E-state index in [9.17, 15) is 0 Å². The summed E-state index contributed by atoms with van der Waals surface area (Å²) >= 11 is 0. The molecule has 12 heavy (non-hydrogen) atoms. The van der Waals surface area contributed by atoms with Crippen molar-refractivity contribution in [3.63, 3.8) is 0 Å². The first-order valence-corrected chi connectivity index (χ1v) is 3.38. The molecule has 0 aromatic carbocycles. The summed E-state index contributed by atoms with van der Waals surface area (Å²) in [7, 11) is 0. The van der Waals surface area contributed by atoms with Crippen LogP contribution in [-0.2, 0) is 0 Å². The van der Waals surface area contributed by atoms with Gasteiger partial charge in [-0.1, -0.05) is 0 Å². The highest BCUT2D eigenvalue weighted by Crippen LogP contribution is 2.18. The first-order chi connectivity index (χ1) is 5.79. The van der Waals surface area contributed by atoms with Gasteiger partial charge in [-0.3, -0.25) is 0 Å². The highest BCUT2D eigenvalue weighted by Gasteiger charge is 2.12. The van der Waals surface area contributed by atoms with Crippen molar-refractivity contribution < 1.29 is 4.42 Å². The number of nitrogens with two attached hydrogens (primary N) is 1. The quantitative estimate of drug-likeness (QED) is 0.702. The van der Waals surface area contributed by atoms with E-state index in [2.05, 4.69) is 0 Å². The number of nitriles is 2. The molecule has 1 aromatic heterocycles. The molecule has 1 heterocycles. The monoisotopic (exact) mass is 161 g/mol. The summed E-state index contributed by atoms with van der Waals surface area (Å²) in [6.45, 7) is 0. The number of hydrogen-bond donors (Lipinski definition) is 1. The van der Waals surface area contributed by atoms with Gasteiger partial charge in [-0.2, -0.15) is 10.5 Å². The van der Waals surface area contributed by atoms with E-state index in [0.29, 0.717) is 11.1 Å². The van der Waals surface area contributed by atoms with Gasteiger partial charge in [0.15, 0.2) is 0 Å². The van der Waals surface area contributed by atoms with E-state index >= 15 is 0 Å². The minimum absolute atomic E-state index is 0.189. The Kier molecular flexibility index (Phi) is 2.47. The van der Waals surface area contributed by atoms with Crippen LogP contribution in [0.25, 0.3) is 0 Å². The lowest BCUT2D eigenvalue weighted by atomic mass is 10.1. The fraction of sp³-hybridized carbons (Fsp3) is 0.250. The summed E-state index contributed by atoms with van der Waals surface area (Å²) in [6, 6.07) is 3.44. The lowest BCUT2D eigenvalue weighted by Crippen LogP contribution is -2.09. The molecule has 0 saturated heterocycles. The van der Waals surface area contributed by atoms with Gasteiger partial charge in [0, 0.05) is 11.6 Å². The molecule has 0 aliphatic heterocycles. The molecule has 1 aromatic rings. The zero-order valence-corrected chi connectivity index (χ0v) is 6.32. The van der Waals surface area contributed by atoms with Gasteiger partial charge in [-0.15, -0.1) is 0 Å². The van der Waals surface area contributed by atoms with Gasteiger partial charge in [0.05, 0.1) is 24.3 Å². The molecule has 0 spiro atoms. The molecule has 0 bridgehead atoms. The third-order valence-electron chi connectivity index (χ3n) is 1.52. The maximum absolute atomic E-state index is 8.58. The molecule has 60 valence electrons. The lowest BCUT2D eigenvalue weighted by molar-refractivity contribution is 0.559. The number of nitrogens with zero attached hydrogens (tertiary/aromatic N) is 2. The van der Waals surface area contributed by atoms with Crippen molar-refractivity contribution in [3.05, 3.63) is 23.7 Å². The number of furan rings is 1. The molecule has 0 aliphatic rings. The predicted molar refractivity (Wildman–Crippen MR) is 40.6 cm³/mol. The number of rotatable bonds is 2. The van der Waals surface area contributed by atoms with Crippen LogP contribution >= 0.6 is 0 Å².